The number of hydrogen-bond donors (Lipinski definition) is 2. The smallest absolute Gasteiger partial charge is 0.126 e. The number of rotatable bonds is 4. The van der Waals surface area contributed by atoms with Gasteiger partial charge in [0, 0.05) is 18.8 Å². The summed E-state index contributed by atoms with van der Waals surface area (Å²) in [6.07, 6.45) is 2.58. The van der Waals surface area contributed by atoms with Crippen LogP contribution in [0, 0.1) is 11.3 Å². The van der Waals surface area contributed by atoms with Crippen LogP contribution in [0.4, 0.5) is 5.82 Å². The molecule has 90 valence electrons. The SMILES string of the molecule is CCOC1CC(N)C1Nc1ccc(C#N)cn1. The van der Waals surface area contributed by atoms with Gasteiger partial charge < -0.3 is 15.8 Å². The first kappa shape index (κ1) is 11.8. The van der Waals surface area contributed by atoms with Crippen molar-refractivity contribution < 1.29 is 4.74 Å². The van der Waals surface area contributed by atoms with Crippen LogP contribution in [0.2, 0.25) is 0 Å². The van der Waals surface area contributed by atoms with Crippen molar-refractivity contribution in [2.24, 2.45) is 5.73 Å². The fourth-order valence-electron chi connectivity index (χ4n) is 1.94. The van der Waals surface area contributed by atoms with Gasteiger partial charge in [-0.25, -0.2) is 4.98 Å². The summed E-state index contributed by atoms with van der Waals surface area (Å²) >= 11 is 0. The van der Waals surface area contributed by atoms with Crippen LogP contribution in [0.3, 0.4) is 0 Å². The summed E-state index contributed by atoms with van der Waals surface area (Å²) in [5, 5.41) is 11.9. The molecule has 17 heavy (non-hydrogen) atoms. The maximum Gasteiger partial charge on any atom is 0.126 e. The largest absolute Gasteiger partial charge is 0.376 e. The highest BCUT2D eigenvalue weighted by molar-refractivity contribution is 5.41. The molecule has 1 aliphatic rings. The maximum absolute atomic E-state index is 8.67. The average molecular weight is 232 g/mol. The van der Waals surface area contributed by atoms with Gasteiger partial charge in [-0.2, -0.15) is 5.26 Å². The van der Waals surface area contributed by atoms with Crippen LogP contribution in [0.1, 0.15) is 18.9 Å². The van der Waals surface area contributed by atoms with Gasteiger partial charge in [-0.3, -0.25) is 0 Å². The first-order valence-corrected chi connectivity index (χ1v) is 5.74. The van der Waals surface area contributed by atoms with Gasteiger partial charge >= 0.3 is 0 Å². The minimum Gasteiger partial charge on any atom is -0.376 e. The van der Waals surface area contributed by atoms with E-state index in [9.17, 15) is 0 Å². The molecule has 3 unspecified atom stereocenters. The van der Waals surface area contributed by atoms with Gasteiger partial charge in [0.2, 0.25) is 0 Å². The van der Waals surface area contributed by atoms with Gasteiger partial charge in [-0.1, -0.05) is 0 Å². The molecular weight excluding hydrogens is 216 g/mol. The Balaban J connectivity index is 1.97. The Morgan fingerprint density at radius 2 is 2.47 bits per heavy atom. The van der Waals surface area contributed by atoms with Gasteiger partial charge in [0.05, 0.1) is 17.7 Å². The minimum atomic E-state index is 0.101. The van der Waals surface area contributed by atoms with Crippen molar-refractivity contribution in [3.8, 4) is 6.07 Å². The fraction of sp³-hybridized carbons (Fsp3) is 0.500. The number of nitrogens with zero attached hydrogens (tertiary/aromatic N) is 2. The molecule has 2 rings (SSSR count). The third kappa shape index (κ3) is 2.54. The predicted molar refractivity (Wildman–Crippen MR) is 64.4 cm³/mol. The molecule has 1 fully saturated rings. The molecule has 0 bridgehead atoms. The summed E-state index contributed by atoms with van der Waals surface area (Å²) in [6, 6.07) is 5.76. The van der Waals surface area contributed by atoms with Crippen molar-refractivity contribution in [2.75, 3.05) is 11.9 Å². The van der Waals surface area contributed by atoms with Crippen molar-refractivity contribution in [3.63, 3.8) is 0 Å². The van der Waals surface area contributed by atoms with Gasteiger partial charge in [0.25, 0.3) is 0 Å². The Morgan fingerprint density at radius 1 is 1.65 bits per heavy atom. The number of hydrogen-bond acceptors (Lipinski definition) is 5. The van der Waals surface area contributed by atoms with Crippen LogP contribution in [-0.2, 0) is 4.74 Å². The molecule has 0 aliphatic heterocycles. The topological polar surface area (TPSA) is 84.0 Å². The number of nitrogens with one attached hydrogen (secondary N) is 1. The molecule has 5 heteroatoms. The Hall–Kier alpha value is -1.64. The Morgan fingerprint density at radius 3 is 3.00 bits per heavy atom. The Bertz CT molecular complexity index is 410. The van der Waals surface area contributed by atoms with E-state index >= 15 is 0 Å². The summed E-state index contributed by atoms with van der Waals surface area (Å²) < 4.78 is 5.56. The van der Waals surface area contributed by atoms with Crippen molar-refractivity contribution in [3.05, 3.63) is 23.9 Å². The number of ether oxygens (including phenoxy) is 1. The van der Waals surface area contributed by atoms with Crippen LogP contribution in [0.15, 0.2) is 18.3 Å². The normalized spacial score (nSPS) is 27.0. The minimum absolute atomic E-state index is 0.101. The van der Waals surface area contributed by atoms with Gasteiger partial charge in [0.1, 0.15) is 11.9 Å². The Labute approximate surface area is 101 Å². The summed E-state index contributed by atoms with van der Waals surface area (Å²) in [5.41, 5.74) is 6.48. The van der Waals surface area contributed by atoms with Crippen LogP contribution in [-0.4, -0.2) is 29.8 Å². The highest BCUT2D eigenvalue weighted by Crippen LogP contribution is 2.25. The van der Waals surface area contributed by atoms with E-state index in [2.05, 4.69) is 10.3 Å². The van der Waals surface area contributed by atoms with Gasteiger partial charge in [-0.15, -0.1) is 0 Å². The molecule has 5 nitrogen and oxygen atoms in total. The lowest BCUT2D eigenvalue weighted by molar-refractivity contribution is -0.0127. The van der Waals surface area contributed by atoms with E-state index in [1.807, 2.05) is 13.0 Å². The van der Waals surface area contributed by atoms with Crippen molar-refractivity contribution in [1.82, 2.24) is 4.98 Å². The van der Waals surface area contributed by atoms with E-state index in [1.54, 1.807) is 18.3 Å². The quantitative estimate of drug-likeness (QED) is 0.804. The number of aromatic nitrogens is 1. The maximum atomic E-state index is 8.67. The van der Waals surface area contributed by atoms with Crippen LogP contribution in [0.5, 0.6) is 0 Å². The second-order valence-corrected chi connectivity index (χ2v) is 4.11. The van der Waals surface area contributed by atoms with E-state index < -0.39 is 0 Å². The first-order chi connectivity index (χ1) is 8.24. The molecule has 0 radical (unpaired) electrons. The molecule has 0 amide bonds. The molecule has 1 saturated carbocycles. The molecule has 0 spiro atoms. The number of pyridine rings is 1. The zero-order valence-electron chi connectivity index (χ0n) is 9.76. The fourth-order valence-corrected chi connectivity index (χ4v) is 1.94. The zero-order chi connectivity index (χ0) is 12.3. The molecule has 3 N–H and O–H groups in total. The van der Waals surface area contributed by atoms with Gasteiger partial charge in [0.15, 0.2) is 0 Å². The number of nitrogens with two attached hydrogens (primary N) is 1. The monoisotopic (exact) mass is 232 g/mol. The first-order valence-electron chi connectivity index (χ1n) is 5.74. The third-order valence-electron chi connectivity index (χ3n) is 2.95. The second-order valence-electron chi connectivity index (χ2n) is 4.11. The van der Waals surface area contributed by atoms with Crippen LogP contribution >= 0.6 is 0 Å². The van der Waals surface area contributed by atoms with Crippen LogP contribution in [0.25, 0.3) is 0 Å². The molecule has 1 aromatic heterocycles. The van der Waals surface area contributed by atoms with E-state index in [1.165, 1.54) is 0 Å². The van der Waals surface area contributed by atoms with Crippen LogP contribution < -0.4 is 11.1 Å². The number of nitriles is 1. The summed E-state index contributed by atoms with van der Waals surface area (Å²) in [7, 11) is 0. The molecule has 0 aromatic carbocycles. The van der Waals surface area contributed by atoms with Crippen molar-refractivity contribution in [2.45, 2.75) is 31.5 Å². The highest BCUT2D eigenvalue weighted by Gasteiger charge is 2.39. The number of anilines is 1. The lowest BCUT2D eigenvalue weighted by Gasteiger charge is -2.42. The zero-order valence-corrected chi connectivity index (χ0v) is 9.76. The van der Waals surface area contributed by atoms with E-state index in [0.29, 0.717) is 12.2 Å². The van der Waals surface area contributed by atoms with E-state index in [4.69, 9.17) is 15.7 Å². The van der Waals surface area contributed by atoms with E-state index in [0.717, 1.165) is 12.2 Å². The van der Waals surface area contributed by atoms with E-state index in [-0.39, 0.29) is 18.2 Å². The summed E-state index contributed by atoms with van der Waals surface area (Å²) in [4.78, 5) is 4.16. The average Bonchev–Trinajstić information content (AvgIpc) is 2.36. The molecule has 3 atom stereocenters. The predicted octanol–water partition coefficient (Wildman–Crippen LogP) is 0.870. The lowest BCUT2D eigenvalue weighted by Crippen LogP contribution is -2.60. The third-order valence-corrected chi connectivity index (χ3v) is 2.95. The molecular formula is C12H16N4O. The summed E-state index contributed by atoms with van der Waals surface area (Å²) in [5.74, 6) is 0.730. The second kappa shape index (κ2) is 5.13. The molecule has 1 aromatic rings. The standard InChI is InChI=1S/C12H16N4O/c1-2-17-10-5-9(14)12(10)16-11-4-3-8(6-13)7-15-11/h3-4,7,9-10,12H,2,5,14H2,1H3,(H,15,16). The highest BCUT2D eigenvalue weighted by atomic mass is 16.5. The lowest BCUT2D eigenvalue weighted by atomic mass is 9.83. The van der Waals surface area contributed by atoms with Crippen molar-refractivity contribution in [1.29, 1.82) is 5.26 Å². The molecule has 1 heterocycles. The Kier molecular flexibility index (Phi) is 3.57. The summed E-state index contributed by atoms with van der Waals surface area (Å²) in [6.45, 7) is 2.66. The van der Waals surface area contributed by atoms with Crippen molar-refractivity contribution >= 4 is 5.82 Å². The molecule has 0 saturated heterocycles. The van der Waals surface area contributed by atoms with Gasteiger partial charge in [-0.05, 0) is 25.5 Å². The molecule has 1 aliphatic carbocycles.